The van der Waals surface area contributed by atoms with E-state index in [0.29, 0.717) is 6.61 Å². The normalized spacial score (nSPS) is 11.5. The maximum atomic E-state index is 5.92. The van der Waals surface area contributed by atoms with Crippen molar-refractivity contribution in [2.45, 2.75) is 39.7 Å². The van der Waals surface area contributed by atoms with Crippen LogP contribution in [0.5, 0.6) is 5.75 Å². The molecule has 112 valence electrons. The Kier molecular flexibility index (Phi) is 4.62. The summed E-state index contributed by atoms with van der Waals surface area (Å²) in [7, 11) is 0. The van der Waals surface area contributed by atoms with Gasteiger partial charge in [0.1, 0.15) is 12.4 Å². The smallest absolute Gasteiger partial charge is 0.122 e. The lowest BCUT2D eigenvalue weighted by Crippen LogP contribution is -2.11. The van der Waals surface area contributed by atoms with Gasteiger partial charge in [-0.2, -0.15) is 0 Å². The quantitative estimate of drug-likeness (QED) is 0.772. The van der Waals surface area contributed by atoms with Crippen molar-refractivity contribution in [3.8, 4) is 5.75 Å². The van der Waals surface area contributed by atoms with Crippen LogP contribution in [-0.2, 0) is 12.0 Å². The van der Waals surface area contributed by atoms with Gasteiger partial charge in [0.15, 0.2) is 0 Å². The fourth-order valence-electron chi connectivity index (χ4n) is 2.20. The summed E-state index contributed by atoms with van der Waals surface area (Å²) in [5, 5.41) is 0. The van der Waals surface area contributed by atoms with Crippen molar-refractivity contribution in [1.29, 1.82) is 0 Å². The van der Waals surface area contributed by atoms with Crippen LogP contribution >= 0.6 is 15.9 Å². The van der Waals surface area contributed by atoms with Gasteiger partial charge in [0.05, 0.1) is 0 Å². The molecule has 0 radical (unpaired) electrons. The highest BCUT2D eigenvalue weighted by Gasteiger charge is 2.14. The molecule has 2 nitrogen and oxygen atoms in total. The van der Waals surface area contributed by atoms with E-state index in [4.69, 9.17) is 10.5 Å². The van der Waals surface area contributed by atoms with Gasteiger partial charge in [0.25, 0.3) is 0 Å². The number of rotatable bonds is 3. The van der Waals surface area contributed by atoms with Gasteiger partial charge in [0.2, 0.25) is 0 Å². The number of ether oxygens (including phenoxy) is 1. The standard InChI is InChI=1S/C18H22BrNO/c1-12-7-14(18(2,3)4)5-6-17(12)21-11-13-8-15(19)10-16(20)9-13/h5-10H,11,20H2,1-4H3. The van der Waals surface area contributed by atoms with Gasteiger partial charge in [0, 0.05) is 10.2 Å². The van der Waals surface area contributed by atoms with E-state index in [-0.39, 0.29) is 5.41 Å². The van der Waals surface area contributed by atoms with Crippen molar-refractivity contribution in [2.75, 3.05) is 5.73 Å². The molecule has 0 aliphatic rings. The van der Waals surface area contributed by atoms with Crippen molar-refractivity contribution in [3.63, 3.8) is 0 Å². The molecule has 0 bridgehead atoms. The first-order valence-corrected chi connectivity index (χ1v) is 7.84. The SMILES string of the molecule is Cc1cc(C(C)(C)C)ccc1OCc1cc(N)cc(Br)c1. The minimum absolute atomic E-state index is 0.155. The Morgan fingerprint density at radius 1 is 1.10 bits per heavy atom. The van der Waals surface area contributed by atoms with E-state index < -0.39 is 0 Å². The Balaban J connectivity index is 2.13. The molecule has 0 fully saturated rings. The molecule has 0 atom stereocenters. The predicted octanol–water partition coefficient (Wildman–Crippen LogP) is 5.22. The van der Waals surface area contributed by atoms with E-state index in [0.717, 1.165) is 27.0 Å². The molecule has 0 heterocycles. The Morgan fingerprint density at radius 2 is 1.81 bits per heavy atom. The first-order valence-electron chi connectivity index (χ1n) is 7.04. The van der Waals surface area contributed by atoms with Gasteiger partial charge in [-0.1, -0.05) is 48.8 Å². The molecule has 0 aromatic heterocycles. The Bertz CT molecular complexity index is 624. The van der Waals surface area contributed by atoms with Crippen LogP contribution in [0.3, 0.4) is 0 Å². The van der Waals surface area contributed by atoms with Gasteiger partial charge in [-0.15, -0.1) is 0 Å². The first kappa shape index (κ1) is 15.9. The largest absolute Gasteiger partial charge is 0.489 e. The zero-order valence-electron chi connectivity index (χ0n) is 13.0. The summed E-state index contributed by atoms with van der Waals surface area (Å²) < 4.78 is 6.90. The second-order valence-electron chi connectivity index (χ2n) is 6.41. The molecule has 0 saturated carbocycles. The number of anilines is 1. The topological polar surface area (TPSA) is 35.2 Å². The molecule has 2 aromatic carbocycles. The van der Waals surface area contributed by atoms with Crippen molar-refractivity contribution in [2.24, 2.45) is 0 Å². The fourth-order valence-corrected chi connectivity index (χ4v) is 2.76. The van der Waals surface area contributed by atoms with Crippen molar-refractivity contribution in [3.05, 3.63) is 57.6 Å². The van der Waals surface area contributed by atoms with Gasteiger partial charge >= 0.3 is 0 Å². The van der Waals surface area contributed by atoms with Crippen LogP contribution in [0.1, 0.15) is 37.5 Å². The predicted molar refractivity (Wildman–Crippen MR) is 92.8 cm³/mol. The zero-order valence-corrected chi connectivity index (χ0v) is 14.6. The summed E-state index contributed by atoms with van der Waals surface area (Å²) in [5.74, 6) is 0.918. The Hall–Kier alpha value is -1.48. The second kappa shape index (κ2) is 6.10. The Labute approximate surface area is 135 Å². The van der Waals surface area contributed by atoms with E-state index in [1.54, 1.807) is 0 Å². The molecule has 2 N–H and O–H groups in total. The van der Waals surface area contributed by atoms with Gasteiger partial charge in [-0.3, -0.25) is 0 Å². The maximum Gasteiger partial charge on any atom is 0.122 e. The van der Waals surface area contributed by atoms with Crippen LogP contribution in [-0.4, -0.2) is 0 Å². The monoisotopic (exact) mass is 347 g/mol. The average molecular weight is 348 g/mol. The van der Waals surface area contributed by atoms with Crippen LogP contribution in [0, 0.1) is 6.92 Å². The van der Waals surface area contributed by atoms with Crippen LogP contribution in [0.2, 0.25) is 0 Å². The molecule has 21 heavy (non-hydrogen) atoms. The molecule has 0 unspecified atom stereocenters. The summed E-state index contributed by atoms with van der Waals surface area (Å²) in [6, 6.07) is 12.2. The summed E-state index contributed by atoms with van der Waals surface area (Å²) in [5.41, 5.74) is 10.3. The average Bonchev–Trinajstić information content (AvgIpc) is 2.35. The summed E-state index contributed by atoms with van der Waals surface area (Å²) in [6.07, 6.45) is 0. The lowest BCUT2D eigenvalue weighted by Gasteiger charge is -2.20. The van der Waals surface area contributed by atoms with Crippen LogP contribution in [0.25, 0.3) is 0 Å². The third kappa shape index (κ3) is 4.24. The van der Waals surface area contributed by atoms with Crippen molar-refractivity contribution < 1.29 is 4.74 Å². The third-order valence-corrected chi connectivity index (χ3v) is 3.87. The fraction of sp³-hybridized carbons (Fsp3) is 0.333. The highest BCUT2D eigenvalue weighted by Crippen LogP contribution is 2.28. The first-order chi connectivity index (χ1) is 9.75. The third-order valence-electron chi connectivity index (χ3n) is 3.42. The number of halogens is 1. The van der Waals surface area contributed by atoms with Crippen molar-refractivity contribution >= 4 is 21.6 Å². The molecule has 0 aliphatic carbocycles. The lowest BCUT2D eigenvalue weighted by molar-refractivity contribution is 0.304. The molecule has 0 aliphatic heterocycles. The molecule has 0 saturated heterocycles. The maximum absolute atomic E-state index is 5.92. The van der Waals surface area contributed by atoms with Crippen LogP contribution < -0.4 is 10.5 Å². The molecule has 0 amide bonds. The van der Waals surface area contributed by atoms with E-state index >= 15 is 0 Å². The zero-order chi connectivity index (χ0) is 15.6. The molecule has 2 aromatic rings. The molecule has 0 spiro atoms. The number of nitrogen functional groups attached to an aromatic ring is 1. The van der Waals surface area contributed by atoms with Crippen molar-refractivity contribution in [1.82, 2.24) is 0 Å². The molecular weight excluding hydrogens is 326 g/mol. The van der Waals surface area contributed by atoms with E-state index in [2.05, 4.69) is 61.8 Å². The summed E-state index contributed by atoms with van der Waals surface area (Å²) >= 11 is 3.45. The highest BCUT2D eigenvalue weighted by molar-refractivity contribution is 9.10. The van der Waals surface area contributed by atoms with E-state index in [1.807, 2.05) is 18.2 Å². The second-order valence-corrected chi connectivity index (χ2v) is 7.33. The number of hydrogen-bond donors (Lipinski definition) is 1. The Morgan fingerprint density at radius 3 is 2.38 bits per heavy atom. The minimum atomic E-state index is 0.155. The van der Waals surface area contributed by atoms with Gasteiger partial charge in [-0.25, -0.2) is 0 Å². The van der Waals surface area contributed by atoms with E-state index in [9.17, 15) is 0 Å². The van der Waals surface area contributed by atoms with Crippen LogP contribution in [0.4, 0.5) is 5.69 Å². The lowest BCUT2D eigenvalue weighted by atomic mass is 9.86. The van der Waals surface area contributed by atoms with Gasteiger partial charge in [-0.05, 0) is 53.3 Å². The molecule has 2 rings (SSSR count). The number of benzene rings is 2. The minimum Gasteiger partial charge on any atom is -0.489 e. The summed E-state index contributed by atoms with van der Waals surface area (Å²) in [4.78, 5) is 0. The van der Waals surface area contributed by atoms with E-state index in [1.165, 1.54) is 5.56 Å². The van der Waals surface area contributed by atoms with Crippen LogP contribution in [0.15, 0.2) is 40.9 Å². The highest BCUT2D eigenvalue weighted by atomic mass is 79.9. The number of nitrogens with two attached hydrogens (primary N) is 1. The molecule has 3 heteroatoms. The van der Waals surface area contributed by atoms with Gasteiger partial charge < -0.3 is 10.5 Å². The number of aryl methyl sites for hydroxylation is 1. The summed E-state index contributed by atoms with van der Waals surface area (Å²) in [6.45, 7) is 9.24. The number of hydrogen-bond acceptors (Lipinski definition) is 2. The molecular formula is C18H22BrNO.